The number of rotatable bonds is 2. The quantitative estimate of drug-likeness (QED) is 0.682. The third-order valence-corrected chi connectivity index (χ3v) is 3.61. The van der Waals surface area contributed by atoms with E-state index in [1.54, 1.807) is 0 Å². The normalized spacial score (nSPS) is 15.4. The summed E-state index contributed by atoms with van der Waals surface area (Å²) in [5.41, 5.74) is 5.24. The monoisotopic (exact) mass is 209 g/mol. The van der Waals surface area contributed by atoms with E-state index >= 15 is 0 Å². The highest BCUT2D eigenvalue weighted by molar-refractivity contribution is 6.70. The van der Waals surface area contributed by atoms with E-state index in [9.17, 15) is 0 Å². The number of nitrogens with zero attached hydrogens (tertiary/aromatic N) is 1. The summed E-state index contributed by atoms with van der Waals surface area (Å²) in [6.45, 7) is 8.39. The van der Waals surface area contributed by atoms with Gasteiger partial charge in [-0.05, 0) is 42.0 Å². The Balaban J connectivity index is 2.25. The molecule has 1 aliphatic heterocycles. The maximum absolute atomic E-state index is 8.78. The molecule has 0 N–H and O–H groups in total. The molecule has 2 heteroatoms. The lowest BCUT2D eigenvalue weighted by atomic mass is 9.32. The van der Waals surface area contributed by atoms with Gasteiger partial charge in [0, 0.05) is 5.97 Å². The molecule has 1 saturated heterocycles. The molecule has 0 radical (unpaired) electrons. The molecule has 1 aromatic carbocycles. The number of nitriles is 1. The summed E-state index contributed by atoms with van der Waals surface area (Å²) >= 11 is 0. The van der Waals surface area contributed by atoms with Crippen LogP contribution in [0.3, 0.4) is 0 Å². The van der Waals surface area contributed by atoms with Crippen molar-refractivity contribution >= 4 is 12.8 Å². The van der Waals surface area contributed by atoms with Gasteiger partial charge in [0.05, 0.1) is 0 Å². The molecule has 0 spiro atoms. The van der Waals surface area contributed by atoms with Crippen molar-refractivity contribution in [2.45, 2.75) is 32.4 Å². The van der Waals surface area contributed by atoms with Crippen molar-refractivity contribution in [2.75, 3.05) is 0 Å². The van der Waals surface area contributed by atoms with E-state index < -0.39 is 0 Å². The largest absolute Gasteiger partial charge is 0.269 e. The summed E-state index contributed by atoms with van der Waals surface area (Å²) in [6, 6.07) is 4.50. The van der Waals surface area contributed by atoms with Gasteiger partial charge in [-0.15, -0.1) is 0 Å². The van der Waals surface area contributed by atoms with Crippen LogP contribution in [-0.2, 0) is 0 Å². The lowest BCUT2D eigenvalue weighted by Gasteiger charge is -2.29. The summed E-state index contributed by atoms with van der Waals surface area (Å²) in [6.07, 6.45) is 3.99. The molecule has 0 aliphatic carbocycles. The molecule has 0 atom stereocenters. The van der Waals surface area contributed by atoms with Gasteiger partial charge in [-0.3, -0.25) is 0 Å². The molecule has 1 fully saturated rings. The van der Waals surface area contributed by atoms with Crippen LogP contribution in [0.15, 0.2) is 18.7 Å². The van der Waals surface area contributed by atoms with E-state index in [0.717, 1.165) is 12.6 Å². The zero-order chi connectivity index (χ0) is 11.7. The van der Waals surface area contributed by atoms with E-state index in [1.165, 1.54) is 22.3 Å². The minimum Gasteiger partial charge on any atom is -0.213 e. The second-order valence-electron chi connectivity index (χ2n) is 4.77. The first-order chi connectivity index (χ1) is 7.65. The van der Waals surface area contributed by atoms with Crippen LogP contribution in [0.25, 0.3) is 6.08 Å². The fourth-order valence-electron chi connectivity index (χ4n) is 2.56. The highest BCUT2D eigenvalue weighted by Gasteiger charge is 2.34. The number of aryl methyl sites for hydroxylation is 2. The third kappa shape index (κ3) is 1.78. The van der Waals surface area contributed by atoms with E-state index in [1.807, 2.05) is 6.08 Å². The van der Waals surface area contributed by atoms with Crippen molar-refractivity contribution in [1.82, 2.24) is 0 Å². The van der Waals surface area contributed by atoms with Gasteiger partial charge in [-0.2, -0.15) is 0 Å². The van der Waals surface area contributed by atoms with E-state index in [4.69, 9.17) is 5.26 Å². The molecule has 1 aliphatic rings. The van der Waals surface area contributed by atoms with Crippen LogP contribution >= 0.6 is 0 Å². The van der Waals surface area contributed by atoms with Crippen LogP contribution in [0.4, 0.5) is 0 Å². The second kappa shape index (κ2) is 4.18. The van der Waals surface area contributed by atoms with Gasteiger partial charge < -0.3 is 0 Å². The fraction of sp³-hybridized carbons (Fsp3) is 0.357. The molecule has 0 aromatic heterocycles. The second-order valence-corrected chi connectivity index (χ2v) is 4.77. The molecular formula is C14H16BN. The molecule has 1 aromatic rings. The summed E-state index contributed by atoms with van der Waals surface area (Å²) in [4.78, 5) is 0. The SMILES string of the molecule is C=Cc1c(C)cc(C2CB(C#N)C2)cc1C. The average molecular weight is 209 g/mol. The molecule has 16 heavy (non-hydrogen) atoms. The van der Waals surface area contributed by atoms with Gasteiger partial charge in [0.1, 0.15) is 0 Å². The Morgan fingerprint density at radius 1 is 1.38 bits per heavy atom. The Bertz CT molecular complexity index is 441. The van der Waals surface area contributed by atoms with Gasteiger partial charge >= 0.3 is 0 Å². The Labute approximate surface area is 97.9 Å². The lowest BCUT2D eigenvalue weighted by Crippen LogP contribution is -2.28. The number of benzene rings is 1. The van der Waals surface area contributed by atoms with Crippen LogP contribution < -0.4 is 0 Å². The van der Waals surface area contributed by atoms with Gasteiger partial charge in [0.2, 0.25) is 0 Å². The summed E-state index contributed by atoms with van der Waals surface area (Å²) in [5.74, 6) is 2.93. The predicted octanol–water partition coefficient (Wildman–Crippen LogP) is 3.60. The first-order valence-electron chi connectivity index (χ1n) is 5.79. The van der Waals surface area contributed by atoms with E-state index in [0.29, 0.717) is 5.92 Å². The van der Waals surface area contributed by atoms with Crippen molar-refractivity contribution in [3.05, 3.63) is 41.0 Å². The number of hydrogen-bond acceptors (Lipinski definition) is 1. The average Bonchev–Trinajstić information content (AvgIpc) is 2.15. The molecule has 0 unspecified atom stereocenters. The van der Waals surface area contributed by atoms with Crippen LogP contribution in [0, 0.1) is 25.1 Å². The predicted molar refractivity (Wildman–Crippen MR) is 69.7 cm³/mol. The number of hydrogen-bond donors (Lipinski definition) is 0. The molecular weight excluding hydrogens is 193 g/mol. The summed E-state index contributed by atoms with van der Waals surface area (Å²) < 4.78 is 0. The summed E-state index contributed by atoms with van der Waals surface area (Å²) in [7, 11) is 0. The summed E-state index contributed by atoms with van der Waals surface area (Å²) in [5, 5.41) is 8.78. The van der Waals surface area contributed by atoms with Crippen molar-refractivity contribution in [1.29, 1.82) is 5.26 Å². The Morgan fingerprint density at radius 2 is 1.94 bits per heavy atom. The zero-order valence-corrected chi connectivity index (χ0v) is 9.96. The van der Waals surface area contributed by atoms with Crippen LogP contribution in [0.2, 0.25) is 12.6 Å². The van der Waals surface area contributed by atoms with Gasteiger partial charge in [-0.1, -0.05) is 37.4 Å². The minimum atomic E-state index is 0.282. The standard InChI is InChI=1S/C14H16BN/c1-4-14-10(2)5-12(6-11(14)3)13-7-15(8-13)9-16/h4-6,13H,1,7-8H2,2-3H3. The van der Waals surface area contributed by atoms with E-state index in [2.05, 4.69) is 38.5 Å². The van der Waals surface area contributed by atoms with Crippen LogP contribution in [0.5, 0.6) is 0 Å². The van der Waals surface area contributed by atoms with E-state index in [-0.39, 0.29) is 6.71 Å². The minimum absolute atomic E-state index is 0.282. The highest BCUT2D eigenvalue weighted by Crippen LogP contribution is 2.39. The van der Waals surface area contributed by atoms with Gasteiger partial charge in [0.15, 0.2) is 0 Å². The first-order valence-corrected chi connectivity index (χ1v) is 5.79. The zero-order valence-electron chi connectivity index (χ0n) is 9.96. The fourth-order valence-corrected chi connectivity index (χ4v) is 2.56. The molecule has 0 bridgehead atoms. The van der Waals surface area contributed by atoms with Crippen molar-refractivity contribution < 1.29 is 0 Å². The Morgan fingerprint density at radius 3 is 2.38 bits per heavy atom. The highest BCUT2D eigenvalue weighted by atomic mass is 14.2. The molecule has 0 amide bonds. The Kier molecular flexibility index (Phi) is 2.87. The maximum atomic E-state index is 8.78. The molecule has 1 heterocycles. The molecule has 0 saturated carbocycles. The topological polar surface area (TPSA) is 23.8 Å². The van der Waals surface area contributed by atoms with Crippen molar-refractivity contribution in [3.63, 3.8) is 0 Å². The van der Waals surface area contributed by atoms with Crippen LogP contribution in [-0.4, -0.2) is 6.71 Å². The lowest BCUT2D eigenvalue weighted by molar-refractivity contribution is 0.771. The van der Waals surface area contributed by atoms with Gasteiger partial charge in [-0.25, -0.2) is 5.26 Å². The smallest absolute Gasteiger partial charge is 0.213 e. The third-order valence-electron chi connectivity index (χ3n) is 3.61. The Hall–Kier alpha value is -1.49. The van der Waals surface area contributed by atoms with Crippen molar-refractivity contribution in [2.24, 2.45) is 0 Å². The molecule has 1 nitrogen and oxygen atoms in total. The molecule has 2 rings (SSSR count). The van der Waals surface area contributed by atoms with Crippen LogP contribution in [0.1, 0.15) is 28.2 Å². The van der Waals surface area contributed by atoms with Crippen molar-refractivity contribution in [3.8, 4) is 5.97 Å². The molecule has 80 valence electrons. The maximum Gasteiger partial charge on any atom is 0.269 e. The first kappa shape index (κ1) is 11.0. The van der Waals surface area contributed by atoms with Gasteiger partial charge in [0.25, 0.3) is 6.71 Å².